The van der Waals surface area contributed by atoms with E-state index in [4.69, 9.17) is 15.2 Å². The number of aliphatic hydroxyl groups is 1. The van der Waals surface area contributed by atoms with Crippen LogP contribution in [-0.2, 0) is 28.7 Å². The summed E-state index contributed by atoms with van der Waals surface area (Å²) in [6, 6.07) is -5.33. The van der Waals surface area contributed by atoms with Crippen molar-refractivity contribution >= 4 is 35.9 Å². The van der Waals surface area contributed by atoms with Crippen LogP contribution in [0.25, 0.3) is 0 Å². The molecule has 0 aliphatic carbocycles. The average molecular weight is 633 g/mol. The largest absolute Gasteiger partial charge is 0.480 e. The molecule has 9 N–H and O–H groups in total. The van der Waals surface area contributed by atoms with Gasteiger partial charge in [-0.1, -0.05) is 13.8 Å². The monoisotopic (exact) mass is 632 g/mol. The lowest BCUT2D eigenvalue weighted by atomic mass is 10.0. The van der Waals surface area contributed by atoms with E-state index in [9.17, 15) is 39.0 Å². The first-order valence-electron chi connectivity index (χ1n) is 14.5. The molecule has 16 nitrogen and oxygen atoms in total. The van der Waals surface area contributed by atoms with Crippen molar-refractivity contribution in [3.05, 3.63) is 0 Å². The maximum Gasteiger partial charge on any atom is 0.407 e. The smallest absolute Gasteiger partial charge is 0.407 e. The lowest BCUT2D eigenvalue weighted by molar-refractivity contribution is -0.145. The number of rotatable bonds is 16. The van der Waals surface area contributed by atoms with Crippen molar-refractivity contribution in [1.29, 1.82) is 0 Å². The minimum Gasteiger partial charge on any atom is -0.480 e. The van der Waals surface area contributed by atoms with Gasteiger partial charge in [-0.25, -0.2) is 14.4 Å². The number of amides is 5. The van der Waals surface area contributed by atoms with Gasteiger partial charge < -0.3 is 52.0 Å². The van der Waals surface area contributed by atoms with E-state index in [2.05, 4.69) is 26.6 Å². The number of aliphatic carboxylic acids is 1. The van der Waals surface area contributed by atoms with E-state index in [1.165, 1.54) is 6.92 Å². The topological polar surface area (TPSA) is 248 Å². The summed E-state index contributed by atoms with van der Waals surface area (Å²) in [5.74, 6) is -3.88. The zero-order valence-electron chi connectivity index (χ0n) is 27.2. The van der Waals surface area contributed by atoms with Crippen LogP contribution in [0.1, 0.15) is 81.6 Å². The van der Waals surface area contributed by atoms with Crippen molar-refractivity contribution in [2.24, 2.45) is 11.7 Å². The van der Waals surface area contributed by atoms with Crippen LogP contribution >= 0.6 is 0 Å². The van der Waals surface area contributed by atoms with Crippen molar-refractivity contribution in [2.75, 3.05) is 13.1 Å². The van der Waals surface area contributed by atoms with Gasteiger partial charge >= 0.3 is 18.2 Å². The predicted octanol–water partition coefficient (Wildman–Crippen LogP) is 0.109. The van der Waals surface area contributed by atoms with E-state index in [1.54, 1.807) is 41.5 Å². The van der Waals surface area contributed by atoms with Crippen LogP contribution in [0.4, 0.5) is 9.59 Å². The molecule has 0 spiro atoms. The summed E-state index contributed by atoms with van der Waals surface area (Å²) in [5.41, 5.74) is 4.42. The van der Waals surface area contributed by atoms with Crippen LogP contribution in [-0.4, -0.2) is 101 Å². The SMILES string of the molecule is CC(C)C[C@H](N)C(=O)N[C@@H](CCNC(=O)OC(C)(C)C)C(=O)N[C@@H](CCNC(=O)OC(C)(C)C)C(=O)N[C@H](C(=O)O)[C@@H](C)O. The Hall–Kier alpha value is -3.66. The van der Waals surface area contributed by atoms with E-state index < -0.39 is 77.4 Å². The Bertz CT molecular complexity index is 990. The van der Waals surface area contributed by atoms with E-state index >= 15 is 0 Å². The molecule has 16 heteroatoms. The molecule has 0 rings (SSSR count). The van der Waals surface area contributed by atoms with Crippen LogP contribution in [0.2, 0.25) is 0 Å². The summed E-state index contributed by atoms with van der Waals surface area (Å²) in [4.78, 5) is 75.0. The van der Waals surface area contributed by atoms with E-state index in [0.29, 0.717) is 6.42 Å². The Balaban J connectivity index is 5.92. The molecule has 0 saturated carbocycles. The molecule has 0 saturated heterocycles. The number of ether oxygens (including phenoxy) is 2. The number of hydrogen-bond acceptors (Lipinski definition) is 10. The fourth-order valence-electron chi connectivity index (χ4n) is 3.61. The second-order valence-electron chi connectivity index (χ2n) is 12.9. The average Bonchev–Trinajstić information content (AvgIpc) is 2.82. The second kappa shape index (κ2) is 18.2. The lowest BCUT2D eigenvalue weighted by Gasteiger charge is -2.26. The summed E-state index contributed by atoms with van der Waals surface area (Å²) in [6.45, 7) is 14.6. The Morgan fingerprint density at radius 2 is 1.09 bits per heavy atom. The molecule has 5 amide bonds. The van der Waals surface area contributed by atoms with Gasteiger partial charge in [-0.15, -0.1) is 0 Å². The Labute approximate surface area is 258 Å². The highest BCUT2D eigenvalue weighted by atomic mass is 16.6. The summed E-state index contributed by atoms with van der Waals surface area (Å²) >= 11 is 0. The molecule has 44 heavy (non-hydrogen) atoms. The molecule has 0 aromatic rings. The number of nitrogens with two attached hydrogens (primary N) is 1. The van der Waals surface area contributed by atoms with Crippen molar-refractivity contribution in [2.45, 2.75) is 123 Å². The van der Waals surface area contributed by atoms with Crippen molar-refractivity contribution in [3.63, 3.8) is 0 Å². The lowest BCUT2D eigenvalue weighted by Crippen LogP contribution is -2.59. The zero-order valence-corrected chi connectivity index (χ0v) is 27.2. The van der Waals surface area contributed by atoms with Gasteiger partial charge in [0.15, 0.2) is 6.04 Å². The Morgan fingerprint density at radius 1 is 0.705 bits per heavy atom. The molecule has 0 aliphatic rings. The van der Waals surface area contributed by atoms with Crippen molar-refractivity contribution in [3.8, 4) is 0 Å². The fourth-order valence-corrected chi connectivity index (χ4v) is 3.61. The molecule has 0 unspecified atom stereocenters. The molecular weight excluding hydrogens is 580 g/mol. The first-order valence-corrected chi connectivity index (χ1v) is 14.5. The summed E-state index contributed by atoms with van der Waals surface area (Å²) in [5, 5.41) is 31.3. The Kier molecular flexibility index (Phi) is 16.7. The van der Waals surface area contributed by atoms with Crippen LogP contribution < -0.4 is 32.3 Å². The fraction of sp³-hybridized carbons (Fsp3) is 0.786. The summed E-state index contributed by atoms with van der Waals surface area (Å²) < 4.78 is 10.3. The third-order valence-corrected chi connectivity index (χ3v) is 5.58. The molecule has 0 heterocycles. The third kappa shape index (κ3) is 18.1. The first kappa shape index (κ1) is 40.3. The molecule has 0 bridgehead atoms. The number of carboxylic acid groups (broad SMARTS) is 1. The van der Waals surface area contributed by atoms with E-state index in [0.717, 1.165) is 0 Å². The predicted molar refractivity (Wildman–Crippen MR) is 160 cm³/mol. The molecule has 0 aromatic carbocycles. The molecule has 5 atom stereocenters. The summed E-state index contributed by atoms with van der Waals surface area (Å²) in [7, 11) is 0. The van der Waals surface area contributed by atoms with Crippen LogP contribution in [0, 0.1) is 5.92 Å². The quantitative estimate of drug-likeness (QED) is 0.113. The van der Waals surface area contributed by atoms with Gasteiger partial charge in [0, 0.05) is 13.1 Å². The number of alkyl carbamates (subject to hydrolysis) is 2. The van der Waals surface area contributed by atoms with Gasteiger partial charge in [-0.05, 0) is 73.6 Å². The molecular formula is C28H52N6O10. The maximum absolute atomic E-state index is 13.4. The summed E-state index contributed by atoms with van der Waals surface area (Å²) in [6.07, 6.45) is -3.02. The van der Waals surface area contributed by atoms with Crippen molar-refractivity contribution < 1.29 is 48.5 Å². The van der Waals surface area contributed by atoms with Crippen LogP contribution in [0.15, 0.2) is 0 Å². The standard InChI is InChI=1S/C28H52N6O10/c1-15(2)14-17(29)21(36)32-18(10-12-30-25(41)43-27(4,5)6)22(37)33-19(11-13-31-26(42)44-28(7,8)9)23(38)34-20(16(3)35)24(39)40/h15-20,35H,10-14,29H2,1-9H3,(H,30,41)(H,31,42)(H,32,36)(H,33,37)(H,34,38)(H,39,40)/t16-,17+,18+,19+,20+/m1/s1. The molecule has 0 aromatic heterocycles. The second-order valence-corrected chi connectivity index (χ2v) is 12.9. The van der Waals surface area contributed by atoms with Gasteiger partial charge in [-0.3, -0.25) is 14.4 Å². The molecule has 0 radical (unpaired) electrons. The van der Waals surface area contributed by atoms with Gasteiger partial charge in [0.05, 0.1) is 12.1 Å². The minimum atomic E-state index is -1.69. The minimum absolute atomic E-state index is 0.0820. The third-order valence-electron chi connectivity index (χ3n) is 5.58. The van der Waals surface area contributed by atoms with Gasteiger partial charge in [0.25, 0.3) is 0 Å². The number of carbonyl (C=O) groups is 6. The van der Waals surface area contributed by atoms with E-state index in [1.807, 2.05) is 13.8 Å². The number of nitrogens with one attached hydrogen (secondary N) is 5. The molecule has 0 fully saturated rings. The van der Waals surface area contributed by atoms with Crippen LogP contribution in [0.3, 0.4) is 0 Å². The number of carbonyl (C=O) groups excluding carboxylic acids is 5. The molecule has 0 aliphatic heterocycles. The highest BCUT2D eigenvalue weighted by Gasteiger charge is 2.32. The Morgan fingerprint density at radius 3 is 1.43 bits per heavy atom. The van der Waals surface area contributed by atoms with Crippen molar-refractivity contribution in [1.82, 2.24) is 26.6 Å². The number of carboxylic acids is 1. The highest BCUT2D eigenvalue weighted by molar-refractivity contribution is 5.94. The van der Waals surface area contributed by atoms with Gasteiger partial charge in [-0.2, -0.15) is 0 Å². The molecule has 254 valence electrons. The number of hydrogen-bond donors (Lipinski definition) is 8. The van der Waals surface area contributed by atoms with Gasteiger partial charge in [0.1, 0.15) is 23.3 Å². The number of aliphatic hydroxyl groups excluding tert-OH is 1. The zero-order chi connectivity index (χ0) is 34.4. The maximum atomic E-state index is 13.4. The van der Waals surface area contributed by atoms with E-state index in [-0.39, 0.29) is 31.8 Å². The normalized spacial score (nSPS) is 15.1. The first-order chi connectivity index (χ1) is 20.0. The highest BCUT2D eigenvalue weighted by Crippen LogP contribution is 2.08. The van der Waals surface area contributed by atoms with Gasteiger partial charge in [0.2, 0.25) is 17.7 Å². The van der Waals surface area contributed by atoms with Crippen LogP contribution in [0.5, 0.6) is 0 Å².